The zero-order chi connectivity index (χ0) is 22.1. The number of ether oxygens (including phenoxy) is 1. The van der Waals surface area contributed by atoms with Crippen molar-refractivity contribution in [2.75, 3.05) is 11.9 Å². The molecule has 7 nitrogen and oxygen atoms in total. The Hall–Kier alpha value is -2.39. The first-order valence-electron chi connectivity index (χ1n) is 10.3. The standard InChI is InChI=1S/C22H24BrN3O4S/c1-4-29-22(28)18-15-7-5-6-8-17(15)31-21(18)24-20(27)16-10-9-14(30-16)11-26-13(3)19(23)12(2)25-26/h9-10H,4-8,11H2,1-3H3,(H,24,27). The van der Waals surface area contributed by atoms with Crippen LogP contribution in [0.5, 0.6) is 0 Å². The van der Waals surface area contributed by atoms with Gasteiger partial charge >= 0.3 is 5.97 Å². The first-order valence-corrected chi connectivity index (χ1v) is 11.9. The SMILES string of the molecule is CCOC(=O)c1c(NC(=O)c2ccc(Cn3nc(C)c(Br)c3C)o2)sc2c1CCCC2. The average Bonchev–Trinajstić information content (AvgIpc) is 3.42. The summed E-state index contributed by atoms with van der Waals surface area (Å²) in [5.41, 5.74) is 3.40. The average molecular weight is 506 g/mol. The quantitative estimate of drug-likeness (QED) is 0.460. The van der Waals surface area contributed by atoms with Gasteiger partial charge in [0.05, 0.1) is 34.6 Å². The summed E-state index contributed by atoms with van der Waals surface area (Å²) < 4.78 is 13.8. The maximum absolute atomic E-state index is 12.9. The summed E-state index contributed by atoms with van der Waals surface area (Å²) >= 11 is 4.98. The number of halogens is 1. The van der Waals surface area contributed by atoms with E-state index in [4.69, 9.17) is 9.15 Å². The third-order valence-electron chi connectivity index (χ3n) is 5.36. The van der Waals surface area contributed by atoms with E-state index < -0.39 is 0 Å². The van der Waals surface area contributed by atoms with Gasteiger partial charge in [-0.1, -0.05) is 0 Å². The van der Waals surface area contributed by atoms with Crippen LogP contribution in [0.25, 0.3) is 0 Å². The molecule has 0 saturated carbocycles. The lowest BCUT2D eigenvalue weighted by Crippen LogP contribution is -2.15. The normalized spacial score (nSPS) is 13.2. The number of hydrogen-bond acceptors (Lipinski definition) is 6. The highest BCUT2D eigenvalue weighted by Gasteiger charge is 2.28. The smallest absolute Gasteiger partial charge is 0.341 e. The number of aryl methyl sites for hydroxylation is 2. The zero-order valence-electron chi connectivity index (χ0n) is 17.7. The molecule has 1 N–H and O–H groups in total. The molecule has 0 unspecified atom stereocenters. The van der Waals surface area contributed by atoms with Gasteiger partial charge in [0.25, 0.3) is 5.91 Å². The Morgan fingerprint density at radius 2 is 2.06 bits per heavy atom. The van der Waals surface area contributed by atoms with Gasteiger partial charge in [-0.2, -0.15) is 5.10 Å². The number of carbonyl (C=O) groups is 2. The van der Waals surface area contributed by atoms with Crippen molar-refractivity contribution >= 4 is 44.1 Å². The molecule has 1 aliphatic rings. The number of amides is 1. The Bertz CT molecular complexity index is 1140. The summed E-state index contributed by atoms with van der Waals surface area (Å²) in [5, 5.41) is 7.89. The van der Waals surface area contributed by atoms with Crippen LogP contribution in [0, 0.1) is 13.8 Å². The van der Waals surface area contributed by atoms with Crippen LogP contribution in [0.3, 0.4) is 0 Å². The third-order valence-corrected chi connectivity index (χ3v) is 7.72. The molecule has 31 heavy (non-hydrogen) atoms. The van der Waals surface area contributed by atoms with Crippen molar-refractivity contribution in [2.24, 2.45) is 0 Å². The maximum atomic E-state index is 12.9. The second kappa shape index (κ2) is 9.00. The van der Waals surface area contributed by atoms with E-state index in [1.54, 1.807) is 19.1 Å². The molecule has 0 bridgehead atoms. The van der Waals surface area contributed by atoms with E-state index in [1.807, 2.05) is 18.5 Å². The molecule has 3 heterocycles. The molecule has 0 spiro atoms. The van der Waals surface area contributed by atoms with Gasteiger partial charge in [0, 0.05) is 4.88 Å². The van der Waals surface area contributed by atoms with Gasteiger partial charge in [0.2, 0.25) is 0 Å². The van der Waals surface area contributed by atoms with Crippen LogP contribution >= 0.6 is 27.3 Å². The second-order valence-electron chi connectivity index (χ2n) is 7.50. The molecular weight excluding hydrogens is 482 g/mol. The summed E-state index contributed by atoms with van der Waals surface area (Å²) in [7, 11) is 0. The van der Waals surface area contributed by atoms with Crippen LogP contribution < -0.4 is 5.32 Å². The first kappa shape index (κ1) is 21.8. The van der Waals surface area contributed by atoms with Crippen LogP contribution in [-0.4, -0.2) is 28.3 Å². The highest BCUT2D eigenvalue weighted by molar-refractivity contribution is 9.10. The van der Waals surface area contributed by atoms with Crippen molar-refractivity contribution in [1.82, 2.24) is 9.78 Å². The van der Waals surface area contributed by atoms with Crippen LogP contribution in [-0.2, 0) is 24.1 Å². The molecule has 3 aromatic heterocycles. The van der Waals surface area contributed by atoms with Crippen LogP contribution in [0.1, 0.15) is 68.3 Å². The van der Waals surface area contributed by atoms with Gasteiger partial charge in [-0.25, -0.2) is 4.79 Å². The molecule has 1 aliphatic carbocycles. The van der Waals surface area contributed by atoms with Crippen LogP contribution in [0.15, 0.2) is 21.0 Å². The van der Waals surface area contributed by atoms with Gasteiger partial charge < -0.3 is 14.5 Å². The fourth-order valence-electron chi connectivity index (χ4n) is 3.80. The summed E-state index contributed by atoms with van der Waals surface area (Å²) in [6.07, 6.45) is 3.88. The van der Waals surface area contributed by atoms with Gasteiger partial charge in [-0.3, -0.25) is 9.48 Å². The second-order valence-corrected chi connectivity index (χ2v) is 9.40. The van der Waals surface area contributed by atoms with E-state index in [0.29, 0.717) is 29.5 Å². The van der Waals surface area contributed by atoms with Crippen molar-refractivity contribution < 1.29 is 18.7 Å². The van der Waals surface area contributed by atoms with Crippen molar-refractivity contribution in [1.29, 1.82) is 0 Å². The lowest BCUT2D eigenvalue weighted by molar-refractivity contribution is 0.0526. The van der Waals surface area contributed by atoms with Gasteiger partial charge in [-0.05, 0) is 80.1 Å². The van der Waals surface area contributed by atoms with Gasteiger partial charge in [0.1, 0.15) is 10.8 Å². The van der Waals surface area contributed by atoms with E-state index in [0.717, 1.165) is 52.0 Å². The molecule has 0 radical (unpaired) electrons. The number of nitrogens with one attached hydrogen (secondary N) is 1. The monoisotopic (exact) mass is 505 g/mol. The Morgan fingerprint density at radius 3 is 2.77 bits per heavy atom. The highest BCUT2D eigenvalue weighted by atomic mass is 79.9. The number of rotatable bonds is 6. The van der Waals surface area contributed by atoms with E-state index in [-0.39, 0.29) is 17.6 Å². The number of esters is 1. The van der Waals surface area contributed by atoms with Crippen LogP contribution in [0.2, 0.25) is 0 Å². The number of carbonyl (C=O) groups excluding carboxylic acids is 2. The lowest BCUT2D eigenvalue weighted by atomic mass is 9.95. The van der Waals surface area contributed by atoms with E-state index >= 15 is 0 Å². The number of aromatic nitrogens is 2. The summed E-state index contributed by atoms with van der Waals surface area (Å²) in [5.74, 6) is 0.0495. The molecular formula is C22H24BrN3O4S. The van der Waals surface area contributed by atoms with Crippen molar-refractivity contribution in [3.8, 4) is 0 Å². The first-order chi connectivity index (χ1) is 14.9. The van der Waals surface area contributed by atoms with Crippen molar-refractivity contribution in [3.05, 3.63) is 55.5 Å². The Labute approximate surface area is 192 Å². The highest BCUT2D eigenvalue weighted by Crippen LogP contribution is 2.38. The minimum atomic E-state index is -0.384. The summed E-state index contributed by atoms with van der Waals surface area (Å²) in [6.45, 7) is 6.39. The zero-order valence-corrected chi connectivity index (χ0v) is 20.1. The molecule has 0 aromatic carbocycles. The molecule has 3 aromatic rings. The Morgan fingerprint density at radius 1 is 1.29 bits per heavy atom. The largest absolute Gasteiger partial charge is 0.462 e. The Balaban J connectivity index is 1.54. The fraction of sp³-hybridized carbons (Fsp3) is 0.409. The van der Waals surface area contributed by atoms with E-state index in [9.17, 15) is 9.59 Å². The number of fused-ring (bicyclic) bond motifs is 1. The molecule has 0 aliphatic heterocycles. The number of thiophene rings is 1. The van der Waals surface area contributed by atoms with E-state index in [1.165, 1.54) is 11.3 Å². The minimum absolute atomic E-state index is 0.191. The molecule has 0 fully saturated rings. The predicted octanol–water partition coefficient (Wildman–Crippen LogP) is 5.27. The van der Waals surface area contributed by atoms with Crippen LogP contribution in [0.4, 0.5) is 5.00 Å². The summed E-state index contributed by atoms with van der Waals surface area (Å²) in [4.78, 5) is 26.6. The number of furan rings is 1. The fourth-order valence-corrected chi connectivity index (χ4v) is 5.36. The molecule has 1 amide bonds. The van der Waals surface area contributed by atoms with Crippen molar-refractivity contribution in [2.45, 2.75) is 53.0 Å². The Kier molecular flexibility index (Phi) is 6.34. The minimum Gasteiger partial charge on any atom is -0.462 e. The maximum Gasteiger partial charge on any atom is 0.341 e. The van der Waals surface area contributed by atoms with E-state index in [2.05, 4.69) is 26.3 Å². The molecule has 0 saturated heterocycles. The number of hydrogen-bond donors (Lipinski definition) is 1. The molecule has 4 rings (SSSR count). The topological polar surface area (TPSA) is 86.4 Å². The van der Waals surface area contributed by atoms with Crippen molar-refractivity contribution in [3.63, 3.8) is 0 Å². The van der Waals surface area contributed by atoms with Gasteiger partial charge in [0.15, 0.2) is 5.76 Å². The number of anilines is 1. The molecule has 0 atom stereocenters. The number of nitrogens with zero attached hydrogens (tertiary/aromatic N) is 2. The lowest BCUT2D eigenvalue weighted by Gasteiger charge is -2.12. The molecule has 164 valence electrons. The summed E-state index contributed by atoms with van der Waals surface area (Å²) in [6, 6.07) is 3.41. The molecule has 9 heteroatoms. The third kappa shape index (κ3) is 4.34. The van der Waals surface area contributed by atoms with Gasteiger partial charge in [-0.15, -0.1) is 11.3 Å². The predicted molar refractivity (Wildman–Crippen MR) is 122 cm³/mol.